The Morgan fingerprint density at radius 2 is 2.05 bits per heavy atom. The summed E-state index contributed by atoms with van der Waals surface area (Å²) in [5.74, 6) is 0. The summed E-state index contributed by atoms with van der Waals surface area (Å²) in [4.78, 5) is 15.3. The third kappa shape index (κ3) is 5.50. The van der Waals surface area contributed by atoms with Crippen molar-refractivity contribution in [2.24, 2.45) is 0 Å². The number of alkyl halides is 3. The van der Waals surface area contributed by atoms with Gasteiger partial charge in [0, 0.05) is 0 Å². The number of carbonyl (C=O) groups excluding carboxylic acids is 1. The average Bonchev–Trinajstić information content (AvgIpc) is 2.59. The van der Waals surface area contributed by atoms with Crippen molar-refractivity contribution in [2.75, 3.05) is 0 Å². The molecular weight excluding hydrogens is 275 g/mol. The van der Waals surface area contributed by atoms with E-state index in [-0.39, 0.29) is 5.69 Å². The smallest absolute Gasteiger partial charge is 0.408 e. The molecule has 0 aliphatic heterocycles. The van der Waals surface area contributed by atoms with Crippen molar-refractivity contribution in [2.45, 2.75) is 52.1 Å². The minimum absolute atomic E-state index is 0.258. The third-order valence-electron chi connectivity index (χ3n) is 2.27. The van der Waals surface area contributed by atoms with Crippen LogP contribution >= 0.6 is 0 Å². The molecule has 1 N–H and O–H groups in total. The maximum Gasteiger partial charge on any atom is 0.408 e. The molecule has 0 aliphatic rings. The van der Waals surface area contributed by atoms with E-state index in [4.69, 9.17) is 4.74 Å². The van der Waals surface area contributed by atoms with Gasteiger partial charge in [-0.3, -0.25) is 0 Å². The number of nitrogens with one attached hydrogen (secondary N) is 1. The van der Waals surface area contributed by atoms with E-state index in [9.17, 15) is 18.0 Å². The molecule has 1 aromatic rings. The zero-order valence-corrected chi connectivity index (χ0v) is 11.8. The van der Waals surface area contributed by atoms with Gasteiger partial charge in [0.05, 0.1) is 24.3 Å². The van der Waals surface area contributed by atoms with Crippen molar-refractivity contribution in [1.82, 2.24) is 14.9 Å². The van der Waals surface area contributed by atoms with Gasteiger partial charge >= 0.3 is 12.3 Å². The molecule has 0 bridgehead atoms. The SMILES string of the molecule is C[C@H](NC(=O)OC(C)(C)C)c1cncn1CC(F)(F)F. The van der Waals surface area contributed by atoms with E-state index >= 15 is 0 Å². The number of carbonyl (C=O) groups is 1. The Bertz CT molecular complexity index is 463. The molecule has 0 aromatic carbocycles. The monoisotopic (exact) mass is 293 g/mol. The maximum absolute atomic E-state index is 12.4. The van der Waals surface area contributed by atoms with Crippen molar-refractivity contribution < 1.29 is 22.7 Å². The molecule has 0 unspecified atom stereocenters. The van der Waals surface area contributed by atoms with Crippen molar-refractivity contribution in [3.05, 3.63) is 18.2 Å². The Kier molecular flexibility index (Phi) is 4.67. The predicted molar refractivity (Wildman–Crippen MR) is 66.1 cm³/mol. The fourth-order valence-electron chi connectivity index (χ4n) is 1.58. The minimum Gasteiger partial charge on any atom is -0.444 e. The van der Waals surface area contributed by atoms with E-state index in [0.29, 0.717) is 0 Å². The maximum atomic E-state index is 12.4. The van der Waals surface area contributed by atoms with E-state index in [1.165, 1.54) is 6.20 Å². The summed E-state index contributed by atoms with van der Waals surface area (Å²) in [6.07, 6.45) is -2.67. The number of hydrogen-bond acceptors (Lipinski definition) is 3. The highest BCUT2D eigenvalue weighted by Gasteiger charge is 2.30. The second-order valence-electron chi connectivity index (χ2n) is 5.43. The summed E-state index contributed by atoms with van der Waals surface area (Å²) in [7, 11) is 0. The van der Waals surface area contributed by atoms with E-state index < -0.39 is 30.5 Å². The van der Waals surface area contributed by atoms with Crippen LogP contribution < -0.4 is 5.32 Å². The largest absolute Gasteiger partial charge is 0.444 e. The Hall–Kier alpha value is -1.73. The van der Waals surface area contributed by atoms with Crippen LogP contribution in [0.3, 0.4) is 0 Å². The quantitative estimate of drug-likeness (QED) is 0.932. The molecule has 0 saturated heterocycles. The summed E-state index contributed by atoms with van der Waals surface area (Å²) < 4.78 is 43.2. The van der Waals surface area contributed by atoms with Gasteiger partial charge in [0.15, 0.2) is 0 Å². The van der Waals surface area contributed by atoms with Gasteiger partial charge in [-0.2, -0.15) is 13.2 Å². The fraction of sp³-hybridized carbons (Fsp3) is 0.667. The molecule has 1 rings (SSSR count). The van der Waals surface area contributed by atoms with Gasteiger partial charge < -0.3 is 14.6 Å². The summed E-state index contributed by atoms with van der Waals surface area (Å²) in [5, 5.41) is 2.48. The minimum atomic E-state index is -4.35. The first-order valence-electron chi connectivity index (χ1n) is 6.04. The van der Waals surface area contributed by atoms with Gasteiger partial charge in [-0.25, -0.2) is 9.78 Å². The Balaban J connectivity index is 2.71. The number of halogens is 3. The van der Waals surface area contributed by atoms with Gasteiger partial charge in [-0.05, 0) is 27.7 Å². The normalized spacial score (nSPS) is 13.9. The van der Waals surface area contributed by atoms with Crippen LogP contribution in [0.2, 0.25) is 0 Å². The van der Waals surface area contributed by atoms with E-state index in [1.807, 2.05) is 0 Å². The summed E-state index contributed by atoms with van der Waals surface area (Å²) in [5.41, 5.74) is -0.413. The first kappa shape index (κ1) is 16.3. The number of nitrogens with zero attached hydrogens (tertiary/aromatic N) is 2. The lowest BCUT2D eigenvalue weighted by Gasteiger charge is -2.22. The Morgan fingerprint density at radius 3 is 2.55 bits per heavy atom. The molecule has 1 atom stereocenters. The van der Waals surface area contributed by atoms with E-state index in [0.717, 1.165) is 10.9 Å². The van der Waals surface area contributed by atoms with Gasteiger partial charge in [0.1, 0.15) is 12.1 Å². The number of hydrogen-bond donors (Lipinski definition) is 1. The Morgan fingerprint density at radius 1 is 1.45 bits per heavy atom. The molecule has 0 radical (unpaired) electrons. The lowest BCUT2D eigenvalue weighted by molar-refractivity contribution is -0.141. The zero-order valence-electron chi connectivity index (χ0n) is 11.8. The lowest BCUT2D eigenvalue weighted by Crippen LogP contribution is -2.35. The van der Waals surface area contributed by atoms with Crippen molar-refractivity contribution in [1.29, 1.82) is 0 Å². The molecule has 0 fully saturated rings. The molecule has 5 nitrogen and oxygen atoms in total. The van der Waals surface area contributed by atoms with Crippen LogP contribution in [0, 0.1) is 0 Å². The van der Waals surface area contributed by atoms with Gasteiger partial charge in [0.2, 0.25) is 0 Å². The number of alkyl carbamates (subject to hydrolysis) is 1. The molecule has 1 amide bonds. The van der Waals surface area contributed by atoms with Crippen molar-refractivity contribution >= 4 is 6.09 Å². The fourth-order valence-corrected chi connectivity index (χ4v) is 1.58. The van der Waals surface area contributed by atoms with Gasteiger partial charge in [-0.1, -0.05) is 0 Å². The van der Waals surface area contributed by atoms with Crippen molar-refractivity contribution in [3.8, 4) is 0 Å². The van der Waals surface area contributed by atoms with Gasteiger partial charge in [-0.15, -0.1) is 0 Å². The lowest BCUT2D eigenvalue weighted by atomic mass is 10.2. The molecule has 1 heterocycles. The van der Waals surface area contributed by atoms with Crippen molar-refractivity contribution in [3.63, 3.8) is 0 Å². The average molecular weight is 293 g/mol. The summed E-state index contributed by atoms with van der Waals surface area (Å²) >= 11 is 0. The third-order valence-corrected chi connectivity index (χ3v) is 2.27. The highest BCUT2D eigenvalue weighted by molar-refractivity contribution is 5.68. The number of aromatic nitrogens is 2. The molecule has 8 heteroatoms. The zero-order chi connectivity index (χ0) is 15.6. The second-order valence-corrected chi connectivity index (χ2v) is 5.43. The van der Waals surface area contributed by atoms with Crippen LogP contribution in [0.4, 0.5) is 18.0 Å². The number of rotatable bonds is 3. The van der Waals surface area contributed by atoms with Crippen LogP contribution in [0.25, 0.3) is 0 Å². The Labute approximate surface area is 115 Å². The van der Waals surface area contributed by atoms with Crippen LogP contribution in [0.1, 0.15) is 39.4 Å². The molecule has 1 aromatic heterocycles. The number of amides is 1. The predicted octanol–water partition coefficient (Wildman–Crippen LogP) is 3.03. The first-order valence-corrected chi connectivity index (χ1v) is 6.04. The molecule has 20 heavy (non-hydrogen) atoms. The standard InChI is InChI=1S/C12H18F3N3O2/c1-8(17-10(19)20-11(2,3)4)9-5-16-7-18(9)6-12(13,14)15/h5,7-8H,6H2,1-4H3,(H,17,19)/t8-/m0/s1. The number of ether oxygens (including phenoxy) is 1. The highest BCUT2D eigenvalue weighted by atomic mass is 19.4. The first-order chi connectivity index (χ1) is 8.98. The number of imidazole rings is 1. The molecule has 0 aliphatic carbocycles. The molecule has 0 saturated carbocycles. The highest BCUT2D eigenvalue weighted by Crippen LogP contribution is 2.21. The summed E-state index contributed by atoms with van der Waals surface area (Å²) in [6, 6.07) is -0.644. The molecule has 114 valence electrons. The van der Waals surface area contributed by atoms with Crippen LogP contribution in [-0.2, 0) is 11.3 Å². The summed E-state index contributed by atoms with van der Waals surface area (Å²) in [6.45, 7) is 5.51. The topological polar surface area (TPSA) is 56.1 Å². The van der Waals surface area contributed by atoms with Crippen LogP contribution in [-0.4, -0.2) is 27.4 Å². The molecule has 0 spiro atoms. The van der Waals surface area contributed by atoms with Crippen LogP contribution in [0.5, 0.6) is 0 Å². The van der Waals surface area contributed by atoms with Gasteiger partial charge in [0.25, 0.3) is 0 Å². The van der Waals surface area contributed by atoms with Crippen LogP contribution in [0.15, 0.2) is 12.5 Å². The van der Waals surface area contributed by atoms with E-state index in [1.54, 1.807) is 27.7 Å². The second kappa shape index (κ2) is 5.72. The van der Waals surface area contributed by atoms with E-state index in [2.05, 4.69) is 10.3 Å². The molecular formula is C12H18F3N3O2.